The van der Waals surface area contributed by atoms with E-state index in [4.69, 9.17) is 11.6 Å². The zero-order chi connectivity index (χ0) is 25.0. The van der Waals surface area contributed by atoms with Crippen LogP contribution in [0.15, 0.2) is 61.0 Å². The molecule has 0 spiro atoms. The first-order valence-corrected chi connectivity index (χ1v) is 12.2. The smallest absolute Gasteiger partial charge is 0.239 e. The van der Waals surface area contributed by atoms with E-state index in [0.29, 0.717) is 27.6 Å². The quantitative estimate of drug-likeness (QED) is 0.117. The lowest BCUT2D eigenvalue weighted by molar-refractivity contribution is 0.138. The van der Waals surface area contributed by atoms with E-state index in [1.807, 2.05) is 18.9 Å². The first-order chi connectivity index (χ1) is 15.6. The first kappa shape index (κ1) is 29.0. The number of aryl methyl sites for hydroxylation is 1. The third-order valence-corrected chi connectivity index (χ3v) is 6.10. The Balaban J connectivity index is 3.20. The summed E-state index contributed by atoms with van der Waals surface area (Å²) in [6, 6.07) is 5.20. The summed E-state index contributed by atoms with van der Waals surface area (Å²) in [6.07, 6.45) is 8.24. The number of nitrogens with zero attached hydrogens (tertiary/aromatic N) is 1. The van der Waals surface area contributed by atoms with Crippen LogP contribution >= 0.6 is 11.6 Å². The van der Waals surface area contributed by atoms with Crippen molar-refractivity contribution >= 4 is 17.2 Å². The highest BCUT2D eigenvalue weighted by Gasteiger charge is 2.19. The second-order valence-corrected chi connectivity index (χ2v) is 9.36. The predicted octanol–water partition coefficient (Wildman–Crippen LogP) is 8.99. The lowest BCUT2D eigenvalue weighted by atomic mass is 9.92. The molecular formula is C28H40ClF2NO. The Bertz CT molecular complexity index is 831. The van der Waals surface area contributed by atoms with Crippen molar-refractivity contribution in [3.05, 3.63) is 77.2 Å². The van der Waals surface area contributed by atoms with Crippen LogP contribution in [0.25, 0.3) is 5.57 Å². The number of likely N-dealkylation sites (N-methyl/N-ethyl adjacent to an activating group) is 1. The molecule has 0 aliphatic rings. The van der Waals surface area contributed by atoms with Crippen molar-refractivity contribution in [1.29, 1.82) is 0 Å². The topological polar surface area (TPSA) is 23.5 Å². The Morgan fingerprint density at radius 2 is 1.94 bits per heavy atom. The van der Waals surface area contributed by atoms with Gasteiger partial charge in [-0.25, -0.2) is 8.78 Å². The summed E-state index contributed by atoms with van der Waals surface area (Å²) >= 11 is 6.21. The molecule has 0 saturated heterocycles. The molecule has 5 heteroatoms. The monoisotopic (exact) mass is 479 g/mol. The molecule has 2 atom stereocenters. The second kappa shape index (κ2) is 15.0. The SMILES string of the molecule is C=C/C=C(\C(O)=C/N(C)C(CC(C)CCCCC)C(=C)C)c1cc(Cl)ccc1CCC(F)F. The third kappa shape index (κ3) is 10.2. The van der Waals surface area contributed by atoms with Crippen LogP contribution in [0.3, 0.4) is 0 Å². The summed E-state index contributed by atoms with van der Waals surface area (Å²) in [5.74, 6) is 0.566. The van der Waals surface area contributed by atoms with Gasteiger partial charge >= 0.3 is 0 Å². The number of hydrogen-bond donors (Lipinski definition) is 1. The van der Waals surface area contributed by atoms with E-state index in [1.54, 1.807) is 36.6 Å². The van der Waals surface area contributed by atoms with Crippen LogP contribution in [-0.2, 0) is 6.42 Å². The van der Waals surface area contributed by atoms with Gasteiger partial charge in [0.15, 0.2) is 0 Å². The number of aliphatic hydroxyl groups is 1. The van der Waals surface area contributed by atoms with E-state index < -0.39 is 6.43 Å². The highest BCUT2D eigenvalue weighted by Crippen LogP contribution is 2.30. The van der Waals surface area contributed by atoms with Crippen LogP contribution in [-0.4, -0.2) is 29.5 Å². The molecule has 2 nitrogen and oxygen atoms in total. The molecule has 1 rings (SSSR count). The largest absolute Gasteiger partial charge is 0.506 e. The average Bonchev–Trinajstić information content (AvgIpc) is 2.74. The molecule has 1 aromatic carbocycles. The molecule has 0 aliphatic carbocycles. The second-order valence-electron chi connectivity index (χ2n) is 8.93. The van der Waals surface area contributed by atoms with Gasteiger partial charge in [-0.3, -0.25) is 0 Å². The van der Waals surface area contributed by atoms with E-state index in [2.05, 4.69) is 27.0 Å². The number of aliphatic hydroxyl groups excluding tert-OH is 1. The molecule has 0 fully saturated rings. The number of alkyl halides is 2. The van der Waals surface area contributed by atoms with E-state index in [9.17, 15) is 13.9 Å². The summed E-state index contributed by atoms with van der Waals surface area (Å²) in [4.78, 5) is 1.98. The zero-order valence-corrected chi connectivity index (χ0v) is 21.3. The number of halogens is 3. The number of rotatable bonds is 15. The molecule has 1 aromatic rings. The third-order valence-electron chi connectivity index (χ3n) is 5.87. The number of allylic oxidation sites excluding steroid dienone is 3. The Kier molecular flexibility index (Phi) is 13.1. The molecular weight excluding hydrogens is 440 g/mol. The minimum atomic E-state index is -2.40. The lowest BCUT2D eigenvalue weighted by Gasteiger charge is -2.30. The maximum absolute atomic E-state index is 12.8. The number of benzene rings is 1. The van der Waals surface area contributed by atoms with Crippen LogP contribution in [0.5, 0.6) is 0 Å². The molecule has 184 valence electrons. The molecule has 33 heavy (non-hydrogen) atoms. The van der Waals surface area contributed by atoms with Crippen molar-refractivity contribution in [2.45, 2.75) is 78.2 Å². The summed E-state index contributed by atoms with van der Waals surface area (Å²) < 4.78 is 25.7. The highest BCUT2D eigenvalue weighted by molar-refractivity contribution is 6.30. The average molecular weight is 480 g/mol. The van der Waals surface area contributed by atoms with E-state index in [-0.39, 0.29) is 24.6 Å². The summed E-state index contributed by atoms with van der Waals surface area (Å²) in [5.41, 5.74) is 2.86. The number of hydrogen-bond acceptors (Lipinski definition) is 2. The van der Waals surface area contributed by atoms with Crippen LogP contribution in [0.4, 0.5) is 8.78 Å². The minimum absolute atomic E-state index is 0.0304. The van der Waals surface area contributed by atoms with Gasteiger partial charge in [0.05, 0.1) is 0 Å². The Morgan fingerprint density at radius 3 is 2.52 bits per heavy atom. The maximum atomic E-state index is 12.8. The van der Waals surface area contributed by atoms with Gasteiger partial charge in [0, 0.05) is 36.3 Å². The van der Waals surface area contributed by atoms with Crippen molar-refractivity contribution in [2.75, 3.05) is 7.05 Å². The van der Waals surface area contributed by atoms with Gasteiger partial charge < -0.3 is 10.0 Å². The van der Waals surface area contributed by atoms with Crippen LogP contribution in [0, 0.1) is 5.92 Å². The zero-order valence-electron chi connectivity index (χ0n) is 20.6. The molecule has 0 bridgehead atoms. The van der Waals surface area contributed by atoms with Gasteiger partial charge in [-0.1, -0.05) is 88.1 Å². The predicted molar refractivity (Wildman–Crippen MR) is 139 cm³/mol. The maximum Gasteiger partial charge on any atom is 0.239 e. The summed E-state index contributed by atoms with van der Waals surface area (Å²) in [5, 5.41) is 11.6. The van der Waals surface area contributed by atoms with Crippen molar-refractivity contribution in [3.63, 3.8) is 0 Å². The van der Waals surface area contributed by atoms with Crippen molar-refractivity contribution < 1.29 is 13.9 Å². The minimum Gasteiger partial charge on any atom is -0.506 e. The van der Waals surface area contributed by atoms with Gasteiger partial charge in [-0.15, -0.1) is 0 Å². The fourth-order valence-electron chi connectivity index (χ4n) is 4.02. The van der Waals surface area contributed by atoms with Gasteiger partial charge in [0.2, 0.25) is 6.43 Å². The molecule has 0 aromatic heterocycles. The molecule has 0 aliphatic heterocycles. The van der Waals surface area contributed by atoms with Crippen molar-refractivity contribution in [3.8, 4) is 0 Å². The van der Waals surface area contributed by atoms with Crippen LogP contribution < -0.4 is 0 Å². The first-order valence-electron chi connectivity index (χ1n) is 11.8. The molecule has 0 radical (unpaired) electrons. The Labute approximate surface area is 204 Å². The van der Waals surface area contributed by atoms with Gasteiger partial charge in [0.25, 0.3) is 0 Å². The molecule has 0 saturated carbocycles. The Morgan fingerprint density at radius 1 is 1.24 bits per heavy atom. The van der Waals surface area contributed by atoms with Gasteiger partial charge in [-0.2, -0.15) is 0 Å². The normalized spacial score (nSPS) is 14.3. The molecule has 1 N–H and O–H groups in total. The standard InChI is InChI=1S/C28H40ClF2NO/c1-7-9-10-12-21(5)17-26(20(3)4)32(6)19-27(33)24(11-8-2)25-18-23(29)15-13-22(25)14-16-28(30)31/h8,11,13,15,18-19,21,26,28,33H,2-3,7,9-10,12,14,16-17H2,1,4-6H3/b24-11-,27-19+. The van der Waals surface area contributed by atoms with Crippen molar-refractivity contribution in [1.82, 2.24) is 4.90 Å². The number of unbranched alkanes of at least 4 members (excludes halogenated alkanes) is 2. The van der Waals surface area contributed by atoms with E-state index >= 15 is 0 Å². The molecule has 0 amide bonds. The van der Waals surface area contributed by atoms with E-state index in [1.165, 1.54) is 25.7 Å². The van der Waals surface area contributed by atoms with E-state index in [0.717, 1.165) is 12.0 Å². The summed E-state index contributed by atoms with van der Waals surface area (Å²) in [7, 11) is 1.93. The molecule has 0 heterocycles. The summed E-state index contributed by atoms with van der Waals surface area (Å²) in [6.45, 7) is 14.4. The van der Waals surface area contributed by atoms with Crippen LogP contribution in [0.1, 0.15) is 70.4 Å². The van der Waals surface area contributed by atoms with Crippen LogP contribution in [0.2, 0.25) is 5.02 Å². The highest BCUT2D eigenvalue weighted by atomic mass is 35.5. The van der Waals surface area contributed by atoms with Gasteiger partial charge in [0.1, 0.15) is 5.76 Å². The van der Waals surface area contributed by atoms with Crippen molar-refractivity contribution in [2.24, 2.45) is 5.92 Å². The lowest BCUT2D eigenvalue weighted by Crippen LogP contribution is -2.30. The Hall–Kier alpha value is -2.07. The van der Waals surface area contributed by atoms with Gasteiger partial charge in [-0.05, 0) is 48.9 Å². The molecule has 2 unspecified atom stereocenters. The fourth-order valence-corrected chi connectivity index (χ4v) is 4.19. The fraction of sp³-hybridized carbons (Fsp3) is 0.500.